The first-order valence-corrected chi connectivity index (χ1v) is 10.0. The second kappa shape index (κ2) is 8.43. The maximum absolute atomic E-state index is 12.7. The van der Waals surface area contributed by atoms with E-state index >= 15 is 0 Å². The lowest BCUT2D eigenvalue weighted by atomic mass is 10.2. The molecule has 4 rings (SSSR count). The number of anilines is 1. The molecule has 1 aliphatic rings. The minimum Gasteiger partial charge on any atom is -0.492 e. The zero-order chi connectivity index (χ0) is 20.2. The first-order valence-electron chi connectivity index (χ1n) is 10.0. The number of aromatic nitrogens is 1. The van der Waals surface area contributed by atoms with Gasteiger partial charge in [-0.1, -0.05) is 24.3 Å². The van der Waals surface area contributed by atoms with Crippen molar-refractivity contribution in [3.05, 3.63) is 59.1 Å². The van der Waals surface area contributed by atoms with E-state index in [1.54, 1.807) is 6.07 Å². The predicted octanol–water partition coefficient (Wildman–Crippen LogP) is 2.73. The van der Waals surface area contributed by atoms with E-state index in [2.05, 4.69) is 11.0 Å². The fourth-order valence-corrected chi connectivity index (χ4v) is 3.78. The van der Waals surface area contributed by atoms with E-state index in [1.165, 1.54) is 4.57 Å². The number of aryl methyl sites for hydroxylation is 1. The van der Waals surface area contributed by atoms with Crippen molar-refractivity contribution in [1.29, 1.82) is 0 Å². The second-order valence-corrected chi connectivity index (χ2v) is 7.01. The molecular weight excluding hydrogens is 370 g/mol. The highest BCUT2D eigenvalue weighted by atomic mass is 16.5. The number of rotatable bonds is 6. The van der Waals surface area contributed by atoms with Crippen molar-refractivity contribution in [1.82, 2.24) is 9.47 Å². The summed E-state index contributed by atoms with van der Waals surface area (Å²) in [6.07, 6.45) is 0.277. The number of benzene rings is 2. The normalized spacial score (nSPS) is 14.4. The Bertz CT molecular complexity index is 1050. The van der Waals surface area contributed by atoms with Gasteiger partial charge in [0.05, 0.1) is 17.8 Å². The number of hydrogen-bond acceptors (Lipinski definition) is 5. The van der Waals surface area contributed by atoms with Crippen molar-refractivity contribution in [2.75, 3.05) is 37.7 Å². The zero-order valence-corrected chi connectivity index (χ0v) is 16.5. The molecule has 3 aromatic rings. The van der Waals surface area contributed by atoms with E-state index in [0.717, 1.165) is 30.0 Å². The Balaban J connectivity index is 1.36. The number of nitrogens with zero attached hydrogens (tertiary/aromatic N) is 3. The van der Waals surface area contributed by atoms with Gasteiger partial charge in [0.25, 0.3) is 0 Å². The molecule has 7 nitrogen and oxygen atoms in total. The van der Waals surface area contributed by atoms with Crippen LogP contribution >= 0.6 is 0 Å². The lowest BCUT2D eigenvalue weighted by Crippen LogP contribution is -2.49. The van der Waals surface area contributed by atoms with Crippen LogP contribution in [0.2, 0.25) is 0 Å². The summed E-state index contributed by atoms with van der Waals surface area (Å²) in [7, 11) is 0. The van der Waals surface area contributed by atoms with Gasteiger partial charge in [0.1, 0.15) is 5.75 Å². The number of fused-ring (bicyclic) bond motifs is 1. The molecule has 0 radical (unpaired) electrons. The molecule has 2 aromatic carbocycles. The number of carbonyl (C=O) groups excluding carboxylic acids is 1. The van der Waals surface area contributed by atoms with Crippen molar-refractivity contribution in [3.8, 4) is 5.75 Å². The van der Waals surface area contributed by atoms with Gasteiger partial charge in [-0.3, -0.25) is 9.36 Å². The van der Waals surface area contributed by atoms with Crippen LogP contribution in [0.5, 0.6) is 5.75 Å². The molecule has 152 valence electrons. The quantitative estimate of drug-likeness (QED) is 0.642. The highest BCUT2D eigenvalue weighted by Gasteiger charge is 2.23. The van der Waals surface area contributed by atoms with Gasteiger partial charge in [-0.25, -0.2) is 4.79 Å². The summed E-state index contributed by atoms with van der Waals surface area (Å²) in [5.41, 5.74) is 2.34. The SMILES string of the molecule is CCOc1ccccc1N1CCN(C(=O)CCn2c(=O)oc3ccccc32)CC1. The summed E-state index contributed by atoms with van der Waals surface area (Å²) >= 11 is 0. The third kappa shape index (κ3) is 3.99. The van der Waals surface area contributed by atoms with Crippen LogP contribution in [0, 0.1) is 0 Å². The van der Waals surface area contributed by atoms with E-state index < -0.39 is 5.76 Å². The molecule has 0 aliphatic carbocycles. The molecule has 0 atom stereocenters. The van der Waals surface area contributed by atoms with Crippen LogP contribution in [-0.2, 0) is 11.3 Å². The summed E-state index contributed by atoms with van der Waals surface area (Å²) in [5, 5.41) is 0. The van der Waals surface area contributed by atoms with Crippen LogP contribution < -0.4 is 15.4 Å². The van der Waals surface area contributed by atoms with E-state index in [4.69, 9.17) is 9.15 Å². The smallest absolute Gasteiger partial charge is 0.419 e. The van der Waals surface area contributed by atoms with Crippen LogP contribution in [0.1, 0.15) is 13.3 Å². The summed E-state index contributed by atoms with van der Waals surface area (Å²) < 4.78 is 12.5. The second-order valence-electron chi connectivity index (χ2n) is 7.01. The highest BCUT2D eigenvalue weighted by Crippen LogP contribution is 2.28. The summed E-state index contributed by atoms with van der Waals surface area (Å²) in [4.78, 5) is 28.9. The maximum atomic E-state index is 12.7. The van der Waals surface area contributed by atoms with Crippen LogP contribution in [-0.4, -0.2) is 48.2 Å². The predicted molar refractivity (Wildman–Crippen MR) is 111 cm³/mol. The van der Waals surface area contributed by atoms with Crippen LogP contribution in [0.25, 0.3) is 11.1 Å². The lowest BCUT2D eigenvalue weighted by Gasteiger charge is -2.36. The van der Waals surface area contributed by atoms with Crippen molar-refractivity contribution >= 4 is 22.7 Å². The lowest BCUT2D eigenvalue weighted by molar-refractivity contribution is -0.131. The minimum absolute atomic E-state index is 0.0555. The molecule has 2 heterocycles. The Labute approximate surface area is 169 Å². The van der Waals surface area contributed by atoms with E-state index in [9.17, 15) is 9.59 Å². The molecule has 0 spiro atoms. The zero-order valence-electron chi connectivity index (χ0n) is 16.5. The largest absolute Gasteiger partial charge is 0.492 e. The number of carbonyl (C=O) groups is 1. The maximum Gasteiger partial charge on any atom is 0.419 e. The van der Waals surface area contributed by atoms with Crippen LogP contribution in [0.4, 0.5) is 5.69 Å². The molecule has 1 fully saturated rings. The molecule has 7 heteroatoms. The van der Waals surface area contributed by atoms with E-state index in [0.29, 0.717) is 31.8 Å². The van der Waals surface area contributed by atoms with Crippen molar-refractivity contribution in [2.45, 2.75) is 19.9 Å². The van der Waals surface area contributed by atoms with Gasteiger partial charge in [-0.05, 0) is 31.2 Å². The summed E-state index contributed by atoms with van der Waals surface area (Å²) in [5.74, 6) is 0.511. The molecular formula is C22H25N3O4. The molecule has 0 saturated carbocycles. The first-order chi connectivity index (χ1) is 14.2. The molecule has 1 saturated heterocycles. The number of oxazole rings is 1. The van der Waals surface area contributed by atoms with Gasteiger partial charge >= 0.3 is 5.76 Å². The average molecular weight is 395 g/mol. The monoisotopic (exact) mass is 395 g/mol. The summed E-state index contributed by atoms with van der Waals surface area (Å²) in [6, 6.07) is 15.3. The topological polar surface area (TPSA) is 67.9 Å². The third-order valence-corrected chi connectivity index (χ3v) is 5.26. The Morgan fingerprint density at radius 1 is 1.03 bits per heavy atom. The Morgan fingerprint density at radius 3 is 2.55 bits per heavy atom. The van der Waals surface area contributed by atoms with Gasteiger partial charge < -0.3 is 19.0 Å². The molecule has 1 aliphatic heterocycles. The van der Waals surface area contributed by atoms with E-state index in [1.807, 2.05) is 48.2 Å². The number of para-hydroxylation sites is 4. The van der Waals surface area contributed by atoms with Crippen molar-refractivity contribution < 1.29 is 13.9 Å². The molecule has 0 N–H and O–H groups in total. The fraction of sp³-hybridized carbons (Fsp3) is 0.364. The number of amides is 1. The first kappa shape index (κ1) is 19.1. The van der Waals surface area contributed by atoms with Gasteiger partial charge in [0.2, 0.25) is 5.91 Å². The standard InChI is InChI=1S/C22H25N3O4/c1-2-28-19-9-5-3-7-17(19)23-13-15-24(16-14-23)21(26)11-12-25-18-8-4-6-10-20(18)29-22(25)27/h3-10H,2,11-16H2,1H3. The fourth-order valence-electron chi connectivity index (χ4n) is 3.78. The van der Waals surface area contributed by atoms with Crippen molar-refractivity contribution in [3.63, 3.8) is 0 Å². The van der Waals surface area contributed by atoms with Gasteiger partial charge in [0, 0.05) is 39.1 Å². The number of hydrogen-bond donors (Lipinski definition) is 0. The van der Waals surface area contributed by atoms with Crippen molar-refractivity contribution in [2.24, 2.45) is 0 Å². The van der Waals surface area contributed by atoms with Gasteiger partial charge in [-0.15, -0.1) is 0 Å². The third-order valence-electron chi connectivity index (χ3n) is 5.26. The Hall–Kier alpha value is -3.22. The number of piperazine rings is 1. The number of ether oxygens (including phenoxy) is 1. The van der Waals surface area contributed by atoms with Crippen LogP contribution in [0.15, 0.2) is 57.7 Å². The average Bonchev–Trinajstić information content (AvgIpc) is 3.08. The molecule has 1 aromatic heterocycles. The highest BCUT2D eigenvalue weighted by molar-refractivity contribution is 5.77. The molecule has 1 amide bonds. The molecule has 0 unspecified atom stereocenters. The van der Waals surface area contributed by atoms with Gasteiger partial charge in [-0.2, -0.15) is 0 Å². The Morgan fingerprint density at radius 2 is 1.76 bits per heavy atom. The Kier molecular flexibility index (Phi) is 5.55. The van der Waals surface area contributed by atoms with Gasteiger partial charge in [0.15, 0.2) is 5.58 Å². The molecule has 0 bridgehead atoms. The minimum atomic E-state index is -0.420. The van der Waals surface area contributed by atoms with E-state index in [-0.39, 0.29) is 12.3 Å². The van der Waals surface area contributed by atoms with Crippen LogP contribution in [0.3, 0.4) is 0 Å². The summed E-state index contributed by atoms with van der Waals surface area (Å²) in [6.45, 7) is 5.73. The molecule has 29 heavy (non-hydrogen) atoms.